The second kappa shape index (κ2) is 5.51. The minimum Gasteiger partial charge on any atom is -0.398 e. The summed E-state index contributed by atoms with van der Waals surface area (Å²) < 4.78 is 66.7. The molecule has 0 fully saturated rings. The quantitative estimate of drug-likeness (QED) is 0.347. The van der Waals surface area contributed by atoms with Crippen molar-refractivity contribution in [2.45, 2.75) is 6.92 Å². The van der Waals surface area contributed by atoms with Crippen molar-refractivity contribution in [2.24, 2.45) is 0 Å². The van der Waals surface area contributed by atoms with E-state index < -0.39 is 34.8 Å². The molecule has 2 rings (SSSR count). The van der Waals surface area contributed by atoms with Gasteiger partial charge in [-0.2, -0.15) is 0 Å². The molecule has 0 aromatic heterocycles. The molecule has 0 aliphatic carbocycles. The lowest BCUT2D eigenvalue weighted by molar-refractivity contribution is 0.382. The van der Waals surface area contributed by atoms with Crippen LogP contribution >= 0.6 is 15.9 Å². The number of anilines is 3. The van der Waals surface area contributed by atoms with Crippen LogP contribution in [0.1, 0.15) is 5.56 Å². The molecule has 0 heterocycles. The average Bonchev–Trinajstić information content (AvgIpc) is 2.44. The third-order valence-corrected chi connectivity index (χ3v) is 3.48. The van der Waals surface area contributed by atoms with Crippen molar-refractivity contribution < 1.29 is 22.0 Å². The van der Waals surface area contributed by atoms with E-state index in [1.54, 1.807) is 6.92 Å². The highest BCUT2D eigenvalue weighted by atomic mass is 79.9. The first-order valence-corrected chi connectivity index (χ1v) is 6.37. The standard InChI is InChI=1S/C13H8BrF5N2/c1-4-2-7(5(14)3-6(4)20)21-13-11(18)9(16)8(15)10(17)12(13)19/h2-3,21H,20H2,1H3. The Morgan fingerprint density at radius 2 is 1.38 bits per heavy atom. The normalized spacial score (nSPS) is 10.8. The number of nitrogens with one attached hydrogen (secondary N) is 1. The number of aryl methyl sites for hydroxylation is 1. The van der Waals surface area contributed by atoms with Crippen LogP contribution < -0.4 is 11.1 Å². The van der Waals surface area contributed by atoms with Crippen molar-refractivity contribution in [1.82, 2.24) is 0 Å². The lowest BCUT2D eigenvalue weighted by atomic mass is 10.1. The van der Waals surface area contributed by atoms with Gasteiger partial charge in [0.15, 0.2) is 23.3 Å². The van der Waals surface area contributed by atoms with Crippen LogP contribution in [-0.4, -0.2) is 0 Å². The summed E-state index contributed by atoms with van der Waals surface area (Å²) in [6.07, 6.45) is 0. The van der Waals surface area contributed by atoms with Gasteiger partial charge in [-0.1, -0.05) is 0 Å². The number of hydrogen-bond acceptors (Lipinski definition) is 2. The van der Waals surface area contributed by atoms with Crippen molar-refractivity contribution in [3.63, 3.8) is 0 Å². The molecule has 0 aliphatic rings. The first-order valence-electron chi connectivity index (χ1n) is 5.58. The number of benzene rings is 2. The maximum absolute atomic E-state index is 13.6. The van der Waals surface area contributed by atoms with Crippen molar-refractivity contribution in [2.75, 3.05) is 11.1 Å². The van der Waals surface area contributed by atoms with Crippen LogP contribution in [0.15, 0.2) is 16.6 Å². The zero-order valence-electron chi connectivity index (χ0n) is 10.5. The Labute approximate surface area is 124 Å². The smallest absolute Gasteiger partial charge is 0.200 e. The minimum atomic E-state index is -2.21. The van der Waals surface area contributed by atoms with Gasteiger partial charge in [0.05, 0.1) is 5.69 Å². The van der Waals surface area contributed by atoms with Crippen molar-refractivity contribution in [3.8, 4) is 0 Å². The van der Waals surface area contributed by atoms with Crippen molar-refractivity contribution >= 4 is 33.0 Å². The van der Waals surface area contributed by atoms with Gasteiger partial charge in [0.1, 0.15) is 5.69 Å². The highest BCUT2D eigenvalue weighted by Crippen LogP contribution is 2.34. The second-order valence-corrected chi connectivity index (χ2v) is 5.11. The Bertz CT molecular complexity index is 704. The summed E-state index contributed by atoms with van der Waals surface area (Å²) in [6.45, 7) is 1.63. The summed E-state index contributed by atoms with van der Waals surface area (Å²) >= 11 is 3.09. The zero-order valence-corrected chi connectivity index (χ0v) is 12.1. The number of nitrogen functional groups attached to an aromatic ring is 1. The van der Waals surface area contributed by atoms with E-state index >= 15 is 0 Å². The molecule has 2 nitrogen and oxygen atoms in total. The maximum Gasteiger partial charge on any atom is 0.200 e. The van der Waals surface area contributed by atoms with E-state index in [1.165, 1.54) is 12.1 Å². The van der Waals surface area contributed by atoms with Crippen molar-refractivity contribution in [1.29, 1.82) is 0 Å². The third kappa shape index (κ3) is 2.67. The predicted octanol–water partition coefficient (Wildman–Crippen LogP) is 4.78. The minimum absolute atomic E-state index is 0.116. The first kappa shape index (κ1) is 15.6. The molecule has 2 aromatic rings. The molecule has 0 spiro atoms. The van der Waals surface area contributed by atoms with E-state index in [1.807, 2.05) is 0 Å². The molecule has 0 unspecified atom stereocenters. The fourth-order valence-electron chi connectivity index (χ4n) is 1.64. The Hall–Kier alpha value is -1.83. The molecule has 8 heteroatoms. The summed E-state index contributed by atoms with van der Waals surface area (Å²) in [7, 11) is 0. The number of hydrogen-bond donors (Lipinski definition) is 2. The molecule has 0 aliphatic heterocycles. The highest BCUT2D eigenvalue weighted by Gasteiger charge is 2.26. The van der Waals surface area contributed by atoms with Gasteiger partial charge < -0.3 is 11.1 Å². The van der Waals surface area contributed by atoms with E-state index in [0.29, 0.717) is 15.7 Å². The average molecular weight is 367 g/mol. The van der Waals surface area contributed by atoms with Crippen LogP contribution in [0.25, 0.3) is 0 Å². The molecule has 2 aromatic carbocycles. The van der Waals surface area contributed by atoms with Gasteiger partial charge in [0, 0.05) is 10.2 Å². The van der Waals surface area contributed by atoms with Crippen LogP contribution in [-0.2, 0) is 0 Å². The monoisotopic (exact) mass is 366 g/mol. The summed E-state index contributed by atoms with van der Waals surface area (Å²) in [5, 5.41) is 2.19. The van der Waals surface area contributed by atoms with E-state index in [9.17, 15) is 22.0 Å². The predicted molar refractivity (Wildman–Crippen MR) is 72.8 cm³/mol. The van der Waals surface area contributed by atoms with Crippen LogP contribution in [0.3, 0.4) is 0 Å². The van der Waals surface area contributed by atoms with Crippen LogP contribution in [0, 0.1) is 36.0 Å². The molecule has 0 radical (unpaired) electrons. The van der Waals surface area contributed by atoms with Gasteiger partial charge >= 0.3 is 0 Å². The molecule has 0 amide bonds. The molecular weight excluding hydrogens is 359 g/mol. The van der Waals surface area contributed by atoms with Gasteiger partial charge in [-0.3, -0.25) is 0 Å². The number of halogens is 6. The van der Waals surface area contributed by atoms with E-state index in [0.717, 1.165) is 0 Å². The first-order chi connectivity index (χ1) is 9.73. The van der Waals surface area contributed by atoms with Gasteiger partial charge in [0.2, 0.25) is 5.82 Å². The lowest BCUT2D eigenvalue weighted by Gasteiger charge is -2.13. The van der Waals surface area contributed by atoms with E-state index in [4.69, 9.17) is 5.73 Å². The molecule has 0 atom stereocenters. The van der Waals surface area contributed by atoms with Crippen LogP contribution in [0.4, 0.5) is 39.0 Å². The Morgan fingerprint density at radius 1 is 0.905 bits per heavy atom. The maximum atomic E-state index is 13.6. The van der Waals surface area contributed by atoms with Crippen molar-refractivity contribution in [3.05, 3.63) is 51.3 Å². The molecule has 3 N–H and O–H groups in total. The van der Waals surface area contributed by atoms with Crippen LogP contribution in [0.5, 0.6) is 0 Å². The van der Waals surface area contributed by atoms with E-state index in [-0.39, 0.29) is 5.69 Å². The van der Waals surface area contributed by atoms with Crippen LogP contribution in [0.2, 0.25) is 0 Å². The number of nitrogens with two attached hydrogens (primary N) is 1. The van der Waals surface area contributed by atoms with Gasteiger partial charge in [-0.05, 0) is 40.5 Å². The van der Waals surface area contributed by atoms with E-state index in [2.05, 4.69) is 21.2 Å². The molecule has 0 saturated heterocycles. The fraction of sp³-hybridized carbons (Fsp3) is 0.0769. The fourth-order valence-corrected chi connectivity index (χ4v) is 2.10. The second-order valence-electron chi connectivity index (χ2n) is 4.26. The van der Waals surface area contributed by atoms with Gasteiger partial charge in [-0.25, -0.2) is 22.0 Å². The summed E-state index contributed by atoms with van der Waals surface area (Å²) in [5.41, 5.74) is 5.60. The SMILES string of the molecule is Cc1cc(Nc2c(F)c(F)c(F)c(F)c2F)c(Br)cc1N. The molecule has 112 valence electrons. The Balaban J connectivity index is 2.58. The number of rotatable bonds is 2. The lowest BCUT2D eigenvalue weighted by Crippen LogP contribution is -2.07. The highest BCUT2D eigenvalue weighted by molar-refractivity contribution is 9.10. The largest absolute Gasteiger partial charge is 0.398 e. The summed E-state index contributed by atoms with van der Waals surface area (Å²) in [6, 6.07) is 2.86. The summed E-state index contributed by atoms with van der Waals surface area (Å²) in [4.78, 5) is 0. The molecule has 0 saturated carbocycles. The molecule has 21 heavy (non-hydrogen) atoms. The third-order valence-electron chi connectivity index (χ3n) is 2.83. The summed E-state index contributed by atoms with van der Waals surface area (Å²) in [5.74, 6) is -10.1. The molecule has 0 bridgehead atoms. The topological polar surface area (TPSA) is 38.0 Å². The Kier molecular flexibility index (Phi) is 4.08. The van der Waals surface area contributed by atoms with Gasteiger partial charge in [-0.15, -0.1) is 0 Å². The Morgan fingerprint density at radius 3 is 1.90 bits per heavy atom. The molecular formula is C13H8BrF5N2. The van der Waals surface area contributed by atoms with Gasteiger partial charge in [0.25, 0.3) is 0 Å². The zero-order chi connectivity index (χ0) is 15.9.